The SMILES string of the molecule is C[Si](C)(OS)C1CC2C=CC1C2. The Morgan fingerprint density at radius 3 is 2.50 bits per heavy atom. The lowest BCUT2D eigenvalue weighted by Crippen LogP contribution is -2.35. The van der Waals surface area contributed by atoms with Crippen LogP contribution in [0, 0.1) is 11.8 Å². The van der Waals surface area contributed by atoms with E-state index >= 15 is 0 Å². The minimum Gasteiger partial charge on any atom is -0.359 e. The molecule has 3 heteroatoms. The summed E-state index contributed by atoms with van der Waals surface area (Å²) in [6.45, 7) is 4.55. The molecular weight excluding hydrogens is 184 g/mol. The van der Waals surface area contributed by atoms with E-state index in [1.165, 1.54) is 12.8 Å². The Labute approximate surface area is 80.9 Å². The van der Waals surface area contributed by atoms with Crippen molar-refractivity contribution < 1.29 is 3.87 Å². The van der Waals surface area contributed by atoms with Gasteiger partial charge in [0.1, 0.15) is 0 Å². The lowest BCUT2D eigenvalue weighted by atomic mass is 10.1. The van der Waals surface area contributed by atoms with Gasteiger partial charge in [-0.2, -0.15) is 0 Å². The van der Waals surface area contributed by atoms with Gasteiger partial charge in [0.15, 0.2) is 0 Å². The second-order valence-corrected chi connectivity index (χ2v) is 9.26. The van der Waals surface area contributed by atoms with Gasteiger partial charge in [-0.05, 0) is 56.2 Å². The predicted molar refractivity (Wildman–Crippen MR) is 56.7 cm³/mol. The van der Waals surface area contributed by atoms with Crippen molar-refractivity contribution in [1.82, 2.24) is 0 Å². The van der Waals surface area contributed by atoms with Gasteiger partial charge in [-0.15, -0.1) is 0 Å². The summed E-state index contributed by atoms with van der Waals surface area (Å²) in [7, 11) is -1.48. The average molecular weight is 200 g/mol. The molecule has 0 aromatic carbocycles. The zero-order valence-electron chi connectivity index (χ0n) is 7.66. The molecule has 3 atom stereocenters. The topological polar surface area (TPSA) is 9.23 Å². The summed E-state index contributed by atoms with van der Waals surface area (Å²) in [6.07, 6.45) is 7.49. The molecule has 3 unspecified atom stereocenters. The molecule has 0 amide bonds. The molecular formula is C9H16OSSi. The number of hydrogen-bond donors (Lipinski definition) is 1. The Bertz CT molecular complexity index is 215. The van der Waals surface area contributed by atoms with Gasteiger partial charge in [0.05, 0.1) is 0 Å². The number of fused-ring (bicyclic) bond motifs is 2. The molecule has 2 aliphatic carbocycles. The molecule has 0 saturated heterocycles. The van der Waals surface area contributed by atoms with Crippen LogP contribution in [0.15, 0.2) is 12.2 Å². The Hall–Kier alpha value is 0.267. The van der Waals surface area contributed by atoms with E-state index in [4.69, 9.17) is 3.87 Å². The lowest BCUT2D eigenvalue weighted by Gasteiger charge is -2.30. The van der Waals surface area contributed by atoms with Crippen LogP contribution in [-0.2, 0) is 3.87 Å². The Kier molecular flexibility index (Phi) is 2.13. The number of rotatable bonds is 2. The molecule has 0 heterocycles. The maximum absolute atomic E-state index is 5.37. The highest BCUT2D eigenvalue weighted by Crippen LogP contribution is 2.51. The maximum Gasteiger partial charge on any atom is 0.208 e. The lowest BCUT2D eigenvalue weighted by molar-refractivity contribution is 0.558. The van der Waals surface area contributed by atoms with Crippen LogP contribution in [0.4, 0.5) is 0 Å². The summed E-state index contributed by atoms with van der Waals surface area (Å²) in [5.41, 5.74) is 0.810. The molecule has 1 fully saturated rings. The van der Waals surface area contributed by atoms with E-state index in [9.17, 15) is 0 Å². The zero-order chi connectivity index (χ0) is 8.77. The van der Waals surface area contributed by atoms with Gasteiger partial charge in [0.2, 0.25) is 8.32 Å². The fraction of sp³-hybridized carbons (Fsp3) is 0.778. The van der Waals surface area contributed by atoms with Crippen LogP contribution in [0.2, 0.25) is 18.6 Å². The summed E-state index contributed by atoms with van der Waals surface area (Å²) in [5, 5.41) is 0. The van der Waals surface area contributed by atoms with Crippen molar-refractivity contribution in [2.75, 3.05) is 0 Å². The quantitative estimate of drug-likeness (QED) is 0.312. The highest BCUT2D eigenvalue weighted by Gasteiger charge is 2.46. The molecule has 1 nitrogen and oxygen atoms in total. The van der Waals surface area contributed by atoms with Crippen molar-refractivity contribution in [3.63, 3.8) is 0 Å². The maximum atomic E-state index is 5.37. The monoisotopic (exact) mass is 200 g/mol. The van der Waals surface area contributed by atoms with Crippen molar-refractivity contribution >= 4 is 21.2 Å². The van der Waals surface area contributed by atoms with Crippen LogP contribution in [0.5, 0.6) is 0 Å². The van der Waals surface area contributed by atoms with Crippen LogP contribution < -0.4 is 0 Å². The summed E-state index contributed by atoms with van der Waals surface area (Å²) < 4.78 is 5.37. The van der Waals surface area contributed by atoms with Crippen molar-refractivity contribution in [2.45, 2.75) is 31.5 Å². The van der Waals surface area contributed by atoms with Gasteiger partial charge in [0, 0.05) is 0 Å². The molecule has 12 heavy (non-hydrogen) atoms. The van der Waals surface area contributed by atoms with Crippen LogP contribution in [0.25, 0.3) is 0 Å². The number of hydrogen-bond acceptors (Lipinski definition) is 2. The Morgan fingerprint density at radius 2 is 2.08 bits per heavy atom. The molecule has 1 saturated carbocycles. The average Bonchev–Trinajstić information content (AvgIpc) is 2.64. The van der Waals surface area contributed by atoms with Crippen LogP contribution >= 0.6 is 12.9 Å². The second-order valence-electron chi connectivity index (χ2n) is 4.58. The number of allylic oxidation sites excluding steroid dienone is 2. The summed E-state index contributed by atoms with van der Waals surface area (Å²) >= 11 is 4.01. The van der Waals surface area contributed by atoms with Crippen molar-refractivity contribution in [3.05, 3.63) is 12.2 Å². The molecule has 2 aliphatic rings. The van der Waals surface area contributed by atoms with E-state index in [-0.39, 0.29) is 0 Å². The smallest absolute Gasteiger partial charge is 0.208 e. The van der Waals surface area contributed by atoms with E-state index in [0.717, 1.165) is 17.4 Å². The Morgan fingerprint density at radius 1 is 1.33 bits per heavy atom. The molecule has 0 aromatic heterocycles. The molecule has 0 radical (unpaired) electrons. The van der Waals surface area contributed by atoms with Gasteiger partial charge >= 0.3 is 0 Å². The van der Waals surface area contributed by atoms with Gasteiger partial charge in [0.25, 0.3) is 0 Å². The van der Waals surface area contributed by atoms with Crippen LogP contribution in [-0.4, -0.2) is 8.32 Å². The first-order valence-corrected chi connectivity index (χ1v) is 7.99. The van der Waals surface area contributed by atoms with E-state index < -0.39 is 8.32 Å². The Balaban J connectivity index is 2.12. The van der Waals surface area contributed by atoms with E-state index in [2.05, 4.69) is 38.2 Å². The van der Waals surface area contributed by atoms with E-state index in [0.29, 0.717) is 0 Å². The minimum atomic E-state index is -1.48. The predicted octanol–water partition coefficient (Wildman–Crippen LogP) is 3.02. The minimum absolute atomic E-state index is 0.809. The molecule has 2 bridgehead atoms. The van der Waals surface area contributed by atoms with Gasteiger partial charge in [-0.1, -0.05) is 12.2 Å². The van der Waals surface area contributed by atoms with E-state index in [1.54, 1.807) is 0 Å². The molecule has 0 aromatic rings. The normalized spacial score (nSPS) is 39.4. The van der Waals surface area contributed by atoms with E-state index in [1.807, 2.05) is 0 Å². The first kappa shape index (κ1) is 8.85. The van der Waals surface area contributed by atoms with Crippen molar-refractivity contribution in [1.29, 1.82) is 0 Å². The molecule has 0 N–H and O–H groups in total. The van der Waals surface area contributed by atoms with Crippen molar-refractivity contribution in [3.8, 4) is 0 Å². The van der Waals surface area contributed by atoms with Crippen LogP contribution in [0.3, 0.4) is 0 Å². The third kappa shape index (κ3) is 1.28. The fourth-order valence-electron chi connectivity index (χ4n) is 2.65. The highest BCUT2D eigenvalue weighted by atomic mass is 32.1. The highest BCUT2D eigenvalue weighted by molar-refractivity contribution is 7.76. The molecule has 68 valence electrons. The molecule has 0 aliphatic heterocycles. The first-order chi connectivity index (χ1) is 5.63. The summed E-state index contributed by atoms with van der Waals surface area (Å²) in [4.78, 5) is 0. The molecule has 0 spiro atoms. The zero-order valence-corrected chi connectivity index (χ0v) is 9.55. The van der Waals surface area contributed by atoms with Crippen molar-refractivity contribution in [2.24, 2.45) is 11.8 Å². The van der Waals surface area contributed by atoms with Crippen LogP contribution in [0.1, 0.15) is 12.8 Å². The number of thiol groups is 1. The van der Waals surface area contributed by atoms with Gasteiger partial charge in [-0.3, -0.25) is 0 Å². The first-order valence-electron chi connectivity index (χ1n) is 4.64. The third-order valence-corrected chi connectivity index (χ3v) is 7.74. The largest absolute Gasteiger partial charge is 0.359 e. The summed E-state index contributed by atoms with van der Waals surface area (Å²) in [6, 6.07) is 0. The van der Waals surface area contributed by atoms with Gasteiger partial charge in [-0.25, -0.2) is 0 Å². The van der Waals surface area contributed by atoms with Gasteiger partial charge < -0.3 is 3.87 Å². The fourth-order valence-corrected chi connectivity index (χ4v) is 5.34. The molecule has 2 rings (SSSR count). The summed E-state index contributed by atoms with van der Waals surface area (Å²) in [5.74, 6) is 1.67. The standard InChI is InChI=1S/C9H16OSSi/c1-12(2,10-11)9-6-7-3-4-8(9)5-7/h3-4,7-9,11H,5-6H2,1-2H3. The third-order valence-electron chi connectivity index (χ3n) is 3.41. The second kappa shape index (κ2) is 2.89.